The molecule has 0 spiro atoms. The number of benzene rings is 2. The van der Waals surface area contributed by atoms with Crippen molar-refractivity contribution in [1.29, 1.82) is 0 Å². The average molecular weight is 508 g/mol. The van der Waals surface area contributed by atoms with Crippen LogP contribution in [0, 0.1) is 11.8 Å². The Morgan fingerprint density at radius 1 is 1.16 bits per heavy atom. The minimum atomic E-state index is -1.33. The highest BCUT2D eigenvalue weighted by molar-refractivity contribution is 6.03. The molecular formula is C30H29N5O3. The number of likely N-dealkylation sites (tertiary alicyclic amines) is 1. The number of hydrogen-bond acceptors (Lipinski definition) is 6. The second kappa shape index (κ2) is 10.0. The molecule has 0 saturated carbocycles. The molecule has 0 aliphatic carbocycles. The molecule has 2 aromatic heterocycles. The lowest BCUT2D eigenvalue weighted by molar-refractivity contribution is -0.125. The summed E-state index contributed by atoms with van der Waals surface area (Å²) in [5.74, 6) is 7.85. The Morgan fingerprint density at radius 3 is 2.55 bits per heavy atom. The van der Waals surface area contributed by atoms with E-state index in [2.05, 4.69) is 28.4 Å². The van der Waals surface area contributed by atoms with E-state index in [0.29, 0.717) is 41.3 Å². The minimum Gasteiger partial charge on any atom is -0.457 e. The maximum atomic E-state index is 12.1. The molecule has 192 valence electrons. The predicted molar refractivity (Wildman–Crippen MR) is 147 cm³/mol. The number of fused-ring (bicyclic) bond motifs is 1. The number of ether oxygens (including phenoxy) is 1. The molecule has 1 amide bonds. The van der Waals surface area contributed by atoms with Crippen LogP contribution in [0.15, 0.2) is 73.6 Å². The van der Waals surface area contributed by atoms with E-state index in [1.807, 2.05) is 73.0 Å². The van der Waals surface area contributed by atoms with Gasteiger partial charge in [-0.15, -0.1) is 0 Å². The van der Waals surface area contributed by atoms with Crippen molar-refractivity contribution in [3.05, 3.63) is 79.3 Å². The molecule has 3 heterocycles. The molecule has 0 radical (unpaired) electrons. The zero-order valence-corrected chi connectivity index (χ0v) is 21.4. The van der Waals surface area contributed by atoms with E-state index >= 15 is 0 Å². The van der Waals surface area contributed by atoms with E-state index in [9.17, 15) is 9.90 Å². The summed E-state index contributed by atoms with van der Waals surface area (Å²) in [6.45, 7) is 8.15. The molecule has 38 heavy (non-hydrogen) atoms. The molecule has 1 fully saturated rings. The third-order valence-electron chi connectivity index (χ3n) is 6.60. The molecule has 1 aliphatic rings. The van der Waals surface area contributed by atoms with Gasteiger partial charge in [0.05, 0.1) is 11.9 Å². The van der Waals surface area contributed by atoms with E-state index < -0.39 is 5.60 Å². The Hall–Kier alpha value is -4.61. The first-order chi connectivity index (χ1) is 18.3. The fourth-order valence-corrected chi connectivity index (χ4v) is 4.77. The van der Waals surface area contributed by atoms with Gasteiger partial charge in [0.1, 0.15) is 40.6 Å². The second-order valence-corrected chi connectivity index (χ2v) is 9.58. The van der Waals surface area contributed by atoms with Crippen molar-refractivity contribution in [1.82, 2.24) is 19.4 Å². The number of amides is 1. The van der Waals surface area contributed by atoms with E-state index in [1.165, 1.54) is 12.4 Å². The van der Waals surface area contributed by atoms with Gasteiger partial charge in [-0.1, -0.05) is 42.8 Å². The van der Waals surface area contributed by atoms with Crippen molar-refractivity contribution in [3.63, 3.8) is 0 Å². The summed E-state index contributed by atoms with van der Waals surface area (Å²) in [6, 6.07) is 17.2. The number of nitrogen functional groups attached to an aromatic ring is 1. The van der Waals surface area contributed by atoms with Crippen molar-refractivity contribution in [2.45, 2.75) is 31.9 Å². The van der Waals surface area contributed by atoms with Gasteiger partial charge in [0.25, 0.3) is 0 Å². The summed E-state index contributed by atoms with van der Waals surface area (Å²) in [4.78, 5) is 22.4. The summed E-state index contributed by atoms with van der Waals surface area (Å²) in [5.41, 5.74) is 8.02. The number of para-hydroxylation sites is 1. The molecule has 4 aromatic rings. The van der Waals surface area contributed by atoms with Crippen LogP contribution in [0.4, 0.5) is 5.82 Å². The van der Waals surface area contributed by atoms with Gasteiger partial charge >= 0.3 is 0 Å². The predicted octanol–water partition coefficient (Wildman–Crippen LogP) is 4.55. The average Bonchev–Trinajstić information content (AvgIpc) is 3.47. The number of nitrogens with zero attached hydrogens (tertiary/aromatic N) is 4. The van der Waals surface area contributed by atoms with Gasteiger partial charge in [-0.25, -0.2) is 9.97 Å². The van der Waals surface area contributed by atoms with Crippen LogP contribution in [-0.2, 0) is 4.79 Å². The van der Waals surface area contributed by atoms with E-state index in [0.717, 1.165) is 16.9 Å². The molecule has 1 unspecified atom stereocenters. The third-order valence-corrected chi connectivity index (χ3v) is 6.60. The second-order valence-electron chi connectivity index (χ2n) is 9.58. The topological polar surface area (TPSA) is 106 Å². The summed E-state index contributed by atoms with van der Waals surface area (Å²) < 4.78 is 7.98. The van der Waals surface area contributed by atoms with Gasteiger partial charge in [-0.2, -0.15) is 0 Å². The maximum absolute atomic E-state index is 12.1. The number of β-amino-alcohol motifs (C(OH)–C–C–N with tert-alkyl or cyclic N) is 1. The minimum absolute atomic E-state index is 0.00241. The van der Waals surface area contributed by atoms with Crippen LogP contribution < -0.4 is 10.5 Å². The lowest BCUT2D eigenvalue weighted by Gasteiger charge is -2.17. The molecule has 1 aliphatic heterocycles. The number of carbonyl (C=O) groups is 1. The molecule has 2 aromatic carbocycles. The van der Waals surface area contributed by atoms with Gasteiger partial charge in [0, 0.05) is 24.6 Å². The largest absolute Gasteiger partial charge is 0.457 e. The van der Waals surface area contributed by atoms with Crippen molar-refractivity contribution in [2.24, 2.45) is 0 Å². The molecular weight excluding hydrogens is 478 g/mol. The number of anilines is 1. The SMILES string of the molecule is C=CC(=O)N1CCC(O)(C#Cc2c(-c3ccc(Oc4ccccc4)cc3)c3c(N)ncnc3n2C(C)C)C1. The van der Waals surface area contributed by atoms with Crippen LogP contribution in [0.3, 0.4) is 0 Å². The first-order valence-electron chi connectivity index (χ1n) is 12.4. The summed E-state index contributed by atoms with van der Waals surface area (Å²) in [7, 11) is 0. The Morgan fingerprint density at radius 2 is 1.87 bits per heavy atom. The van der Waals surface area contributed by atoms with Crippen LogP contribution >= 0.6 is 0 Å². The highest BCUT2D eigenvalue weighted by Crippen LogP contribution is 2.39. The quantitative estimate of drug-likeness (QED) is 0.303. The monoisotopic (exact) mass is 507 g/mol. The number of aliphatic hydroxyl groups is 1. The van der Waals surface area contributed by atoms with Crippen molar-refractivity contribution in [3.8, 4) is 34.5 Å². The molecule has 0 bridgehead atoms. The Balaban J connectivity index is 1.61. The lowest BCUT2D eigenvalue weighted by Crippen LogP contribution is -2.34. The molecule has 3 N–H and O–H groups in total. The van der Waals surface area contributed by atoms with E-state index in [1.54, 1.807) is 4.90 Å². The highest BCUT2D eigenvalue weighted by atomic mass is 16.5. The molecule has 1 atom stereocenters. The Bertz CT molecular complexity index is 1560. The fourth-order valence-electron chi connectivity index (χ4n) is 4.77. The van der Waals surface area contributed by atoms with Crippen LogP contribution in [-0.4, -0.2) is 49.1 Å². The van der Waals surface area contributed by atoms with Crippen LogP contribution in [0.25, 0.3) is 22.2 Å². The van der Waals surface area contributed by atoms with Crippen LogP contribution in [0.5, 0.6) is 11.5 Å². The Kier molecular flexibility index (Phi) is 6.62. The number of nitrogens with two attached hydrogens (primary N) is 1. The number of aromatic nitrogens is 3. The van der Waals surface area contributed by atoms with Gasteiger partial charge in [0.15, 0.2) is 0 Å². The molecule has 8 nitrogen and oxygen atoms in total. The fraction of sp³-hybridized carbons (Fsp3) is 0.233. The number of hydrogen-bond donors (Lipinski definition) is 2. The molecule has 1 saturated heterocycles. The molecule has 5 rings (SSSR count). The lowest BCUT2D eigenvalue weighted by atomic mass is 10.0. The van der Waals surface area contributed by atoms with Gasteiger partial charge in [0.2, 0.25) is 5.91 Å². The number of rotatable bonds is 5. The van der Waals surface area contributed by atoms with Gasteiger partial charge < -0.3 is 25.0 Å². The van der Waals surface area contributed by atoms with Crippen molar-refractivity contribution < 1.29 is 14.6 Å². The first-order valence-corrected chi connectivity index (χ1v) is 12.4. The molecule has 8 heteroatoms. The van der Waals surface area contributed by atoms with Crippen LogP contribution in [0.1, 0.15) is 32.0 Å². The normalized spacial score (nSPS) is 16.9. The summed E-state index contributed by atoms with van der Waals surface area (Å²) in [6.07, 6.45) is 3.04. The standard InChI is InChI=1S/C30H29N5O3/c1-4-25(36)34-17-16-30(37,18-34)15-14-24-26(27-28(31)32-19-33-29(27)35(24)20(2)3)21-10-12-23(13-11-21)38-22-8-6-5-7-9-22/h4-13,19-20,37H,1,16-18H2,2-3H3,(H2,31,32,33). The zero-order chi connectivity index (χ0) is 26.9. The van der Waals surface area contributed by atoms with Crippen molar-refractivity contribution in [2.75, 3.05) is 18.8 Å². The smallest absolute Gasteiger partial charge is 0.246 e. The first kappa shape index (κ1) is 25.1. The third kappa shape index (κ3) is 4.72. The van der Waals surface area contributed by atoms with E-state index in [-0.39, 0.29) is 18.5 Å². The van der Waals surface area contributed by atoms with Gasteiger partial charge in [-0.3, -0.25) is 4.79 Å². The zero-order valence-electron chi connectivity index (χ0n) is 21.4. The maximum Gasteiger partial charge on any atom is 0.246 e. The Labute approximate surface area is 221 Å². The van der Waals surface area contributed by atoms with E-state index in [4.69, 9.17) is 10.5 Å². The van der Waals surface area contributed by atoms with Crippen molar-refractivity contribution >= 4 is 22.8 Å². The number of carbonyl (C=O) groups excluding carboxylic acids is 1. The van der Waals surface area contributed by atoms with Crippen LogP contribution in [0.2, 0.25) is 0 Å². The van der Waals surface area contributed by atoms with Gasteiger partial charge in [-0.05, 0) is 55.7 Å². The highest BCUT2D eigenvalue weighted by Gasteiger charge is 2.36. The summed E-state index contributed by atoms with van der Waals surface area (Å²) in [5, 5.41) is 11.9. The summed E-state index contributed by atoms with van der Waals surface area (Å²) >= 11 is 0.